The number of benzene rings is 2. The van der Waals surface area contributed by atoms with Crippen molar-refractivity contribution in [3.05, 3.63) is 60.2 Å². The van der Waals surface area contributed by atoms with Crippen LogP contribution in [-0.4, -0.2) is 75.0 Å². The van der Waals surface area contributed by atoms with Crippen molar-refractivity contribution < 1.29 is 27.8 Å². The number of hydrogen-bond acceptors (Lipinski definition) is 8. The SMILES string of the molecule is C[C@@H]1OC(c2ccc(OCCCO)cc2)=N[C@]1(CCS(=O)(=O)c1ccccc1)C(=O)NN(C)C. The first-order chi connectivity index (χ1) is 16.2. The normalized spacial score (nSPS) is 20.0. The molecule has 2 N–H and O–H groups in total. The summed E-state index contributed by atoms with van der Waals surface area (Å²) in [7, 11) is -0.276. The first-order valence-electron chi connectivity index (χ1n) is 11.0. The number of sulfone groups is 1. The standard InChI is InChI=1S/C24H31N3O6S/c1-18-24(23(29)26-27(2)3,14-17-34(30,31)21-8-5-4-6-9-21)25-22(33-18)19-10-12-20(13-11-19)32-16-7-15-28/h4-6,8-13,18,28H,7,14-17H2,1-3H3,(H,26,29)/t18-,24-/m0/s1. The Morgan fingerprint density at radius 1 is 1.18 bits per heavy atom. The second kappa shape index (κ2) is 11.0. The van der Waals surface area contributed by atoms with Gasteiger partial charge >= 0.3 is 0 Å². The fraction of sp³-hybridized carbons (Fsp3) is 0.417. The molecule has 3 rings (SSSR count). The van der Waals surface area contributed by atoms with Crippen LogP contribution >= 0.6 is 0 Å². The highest BCUT2D eigenvalue weighted by molar-refractivity contribution is 7.91. The highest BCUT2D eigenvalue weighted by Crippen LogP contribution is 2.33. The van der Waals surface area contributed by atoms with Crippen LogP contribution < -0.4 is 10.2 Å². The molecule has 2 atom stereocenters. The van der Waals surface area contributed by atoms with E-state index >= 15 is 0 Å². The van der Waals surface area contributed by atoms with Gasteiger partial charge in [0.1, 0.15) is 11.9 Å². The molecule has 2 aromatic rings. The van der Waals surface area contributed by atoms with E-state index < -0.39 is 27.4 Å². The maximum absolute atomic E-state index is 13.2. The fourth-order valence-corrected chi connectivity index (χ4v) is 4.98. The molecule has 0 unspecified atom stereocenters. The molecule has 1 aliphatic rings. The molecule has 0 aliphatic carbocycles. The number of aliphatic hydroxyl groups is 1. The Morgan fingerprint density at radius 3 is 2.47 bits per heavy atom. The molecule has 0 spiro atoms. The zero-order valence-corrected chi connectivity index (χ0v) is 20.4. The van der Waals surface area contributed by atoms with Gasteiger partial charge in [0.05, 0.1) is 17.3 Å². The lowest BCUT2D eigenvalue weighted by molar-refractivity contribution is -0.132. The van der Waals surface area contributed by atoms with E-state index in [2.05, 4.69) is 10.4 Å². The molecular formula is C24H31N3O6S. The molecule has 0 radical (unpaired) electrons. The van der Waals surface area contributed by atoms with Crippen molar-refractivity contribution in [1.82, 2.24) is 10.4 Å². The number of aliphatic hydroxyl groups excluding tert-OH is 1. The summed E-state index contributed by atoms with van der Waals surface area (Å²) < 4.78 is 37.4. The summed E-state index contributed by atoms with van der Waals surface area (Å²) in [6.07, 6.45) is -0.199. The van der Waals surface area contributed by atoms with E-state index in [1.54, 1.807) is 63.5 Å². The summed E-state index contributed by atoms with van der Waals surface area (Å²) in [5.74, 6) is 0.196. The third-order valence-electron chi connectivity index (χ3n) is 5.51. The number of carbonyl (C=O) groups excluding carboxylic acids is 1. The monoisotopic (exact) mass is 489 g/mol. The van der Waals surface area contributed by atoms with E-state index in [0.29, 0.717) is 24.3 Å². The van der Waals surface area contributed by atoms with Crippen LogP contribution in [0.4, 0.5) is 0 Å². The number of hydrogen-bond donors (Lipinski definition) is 2. The van der Waals surface area contributed by atoms with Gasteiger partial charge < -0.3 is 14.6 Å². The Bertz CT molecular complexity index is 1100. The Kier molecular flexibility index (Phi) is 8.29. The average Bonchev–Trinajstić information content (AvgIpc) is 3.16. The van der Waals surface area contributed by atoms with E-state index in [0.717, 1.165) is 0 Å². The number of rotatable bonds is 11. The summed E-state index contributed by atoms with van der Waals surface area (Å²) in [6, 6.07) is 15.2. The lowest BCUT2D eigenvalue weighted by Gasteiger charge is -2.29. The molecule has 1 aliphatic heterocycles. The average molecular weight is 490 g/mol. The van der Waals surface area contributed by atoms with Gasteiger partial charge in [-0.1, -0.05) is 18.2 Å². The number of aliphatic imine (C=N–C) groups is 1. The van der Waals surface area contributed by atoms with Gasteiger partial charge in [-0.15, -0.1) is 0 Å². The topological polar surface area (TPSA) is 118 Å². The summed E-state index contributed by atoms with van der Waals surface area (Å²) in [4.78, 5) is 18.1. The van der Waals surface area contributed by atoms with Crippen molar-refractivity contribution in [2.75, 3.05) is 33.1 Å². The minimum absolute atomic E-state index is 0.0447. The van der Waals surface area contributed by atoms with E-state index in [-0.39, 0.29) is 29.6 Å². The van der Waals surface area contributed by atoms with Gasteiger partial charge in [-0.05, 0) is 49.7 Å². The summed E-state index contributed by atoms with van der Waals surface area (Å²) >= 11 is 0. The number of nitrogens with one attached hydrogen (secondary N) is 1. The number of hydrazine groups is 1. The molecule has 10 heteroatoms. The maximum atomic E-state index is 13.2. The molecule has 0 fully saturated rings. The van der Waals surface area contributed by atoms with Crippen LogP contribution in [0.1, 0.15) is 25.3 Å². The van der Waals surface area contributed by atoms with Gasteiger partial charge in [-0.2, -0.15) is 0 Å². The van der Waals surface area contributed by atoms with Crippen molar-refractivity contribution in [2.24, 2.45) is 4.99 Å². The Labute approximate surface area is 200 Å². The molecule has 34 heavy (non-hydrogen) atoms. The van der Waals surface area contributed by atoms with Gasteiger partial charge in [0, 0.05) is 32.7 Å². The lowest BCUT2D eigenvalue weighted by atomic mass is 9.90. The molecular weight excluding hydrogens is 458 g/mol. The summed E-state index contributed by atoms with van der Waals surface area (Å²) in [6.45, 7) is 2.17. The molecule has 0 saturated heterocycles. The molecule has 1 heterocycles. The van der Waals surface area contributed by atoms with E-state index in [1.165, 1.54) is 17.1 Å². The number of nitrogens with zero attached hydrogens (tertiary/aromatic N) is 2. The van der Waals surface area contributed by atoms with Gasteiger partial charge in [0.2, 0.25) is 5.90 Å². The molecule has 0 bridgehead atoms. The van der Waals surface area contributed by atoms with Gasteiger partial charge in [-0.3, -0.25) is 10.2 Å². The molecule has 0 saturated carbocycles. The van der Waals surface area contributed by atoms with Gasteiger partial charge in [0.15, 0.2) is 15.4 Å². The van der Waals surface area contributed by atoms with Crippen LogP contribution in [0.25, 0.3) is 0 Å². The zero-order valence-electron chi connectivity index (χ0n) is 19.6. The number of amides is 1. The zero-order chi connectivity index (χ0) is 24.8. The Hall–Kier alpha value is -2.95. The highest BCUT2D eigenvalue weighted by Gasteiger charge is 2.51. The third-order valence-corrected chi connectivity index (χ3v) is 7.24. The van der Waals surface area contributed by atoms with Crippen molar-refractivity contribution in [3.63, 3.8) is 0 Å². The van der Waals surface area contributed by atoms with Crippen LogP contribution in [0.2, 0.25) is 0 Å². The van der Waals surface area contributed by atoms with Crippen LogP contribution in [0.3, 0.4) is 0 Å². The van der Waals surface area contributed by atoms with Gasteiger partial charge in [0.25, 0.3) is 5.91 Å². The highest BCUT2D eigenvalue weighted by atomic mass is 32.2. The van der Waals surface area contributed by atoms with Crippen molar-refractivity contribution in [1.29, 1.82) is 0 Å². The predicted octanol–water partition coefficient (Wildman–Crippen LogP) is 1.81. The van der Waals surface area contributed by atoms with E-state index in [4.69, 9.17) is 14.6 Å². The quantitative estimate of drug-likeness (QED) is 0.365. The van der Waals surface area contributed by atoms with E-state index in [9.17, 15) is 13.2 Å². The summed E-state index contributed by atoms with van der Waals surface area (Å²) in [5.41, 5.74) is 1.94. The lowest BCUT2D eigenvalue weighted by Crippen LogP contribution is -2.55. The molecule has 184 valence electrons. The van der Waals surface area contributed by atoms with Crippen molar-refractivity contribution >= 4 is 21.6 Å². The second-order valence-electron chi connectivity index (χ2n) is 8.27. The first kappa shape index (κ1) is 25.7. The molecule has 2 aromatic carbocycles. The summed E-state index contributed by atoms with van der Waals surface area (Å²) in [5, 5.41) is 10.4. The second-order valence-corrected chi connectivity index (χ2v) is 10.4. The van der Waals surface area contributed by atoms with E-state index in [1.807, 2.05) is 0 Å². The third kappa shape index (κ3) is 5.94. The number of ether oxygens (including phenoxy) is 2. The number of carbonyl (C=O) groups is 1. The molecule has 1 amide bonds. The minimum atomic E-state index is -3.62. The predicted molar refractivity (Wildman–Crippen MR) is 128 cm³/mol. The van der Waals surface area contributed by atoms with Crippen molar-refractivity contribution in [3.8, 4) is 5.75 Å². The Balaban J connectivity index is 1.87. The molecule has 9 nitrogen and oxygen atoms in total. The Morgan fingerprint density at radius 2 is 1.85 bits per heavy atom. The van der Waals surface area contributed by atoms with Crippen LogP contribution in [0.5, 0.6) is 5.75 Å². The minimum Gasteiger partial charge on any atom is -0.494 e. The molecule has 0 aromatic heterocycles. The first-order valence-corrected chi connectivity index (χ1v) is 12.7. The van der Waals surface area contributed by atoms with Crippen molar-refractivity contribution in [2.45, 2.75) is 36.3 Å². The van der Waals surface area contributed by atoms with Crippen LogP contribution in [-0.2, 0) is 19.4 Å². The van der Waals surface area contributed by atoms with Crippen LogP contribution in [0, 0.1) is 0 Å². The largest absolute Gasteiger partial charge is 0.494 e. The fourth-order valence-electron chi connectivity index (χ4n) is 3.59. The van der Waals surface area contributed by atoms with Gasteiger partial charge in [-0.25, -0.2) is 18.4 Å². The van der Waals surface area contributed by atoms with Crippen LogP contribution in [0.15, 0.2) is 64.5 Å². The smallest absolute Gasteiger partial charge is 0.266 e. The maximum Gasteiger partial charge on any atom is 0.266 e.